The van der Waals surface area contributed by atoms with Crippen LogP contribution in [0.15, 0.2) is 42.2 Å². The van der Waals surface area contributed by atoms with E-state index in [1.165, 1.54) is 18.2 Å². The monoisotopic (exact) mass is 552 g/mol. The van der Waals surface area contributed by atoms with E-state index in [4.69, 9.17) is 18.9 Å². The average Bonchev–Trinajstić information content (AvgIpc) is 3.19. The second-order valence-electron chi connectivity index (χ2n) is 9.94. The summed E-state index contributed by atoms with van der Waals surface area (Å²) >= 11 is 0. The number of hydrogen-bond acceptors (Lipinski definition) is 12. The van der Waals surface area contributed by atoms with Gasteiger partial charge in [-0.1, -0.05) is 19.1 Å². The molecule has 10 atom stereocenters. The first-order chi connectivity index (χ1) is 18.5. The van der Waals surface area contributed by atoms with Crippen molar-refractivity contribution in [1.29, 1.82) is 0 Å². The number of carboxylic acids is 1. The molecule has 1 aromatic rings. The van der Waals surface area contributed by atoms with Crippen LogP contribution >= 0.6 is 0 Å². The van der Waals surface area contributed by atoms with Gasteiger partial charge in [0.2, 0.25) is 6.29 Å². The fourth-order valence-corrected chi connectivity index (χ4v) is 5.18. The number of phenols is 2. The van der Waals surface area contributed by atoms with E-state index in [2.05, 4.69) is 0 Å². The Morgan fingerprint density at radius 1 is 1.05 bits per heavy atom. The highest BCUT2D eigenvalue weighted by atomic mass is 16.8. The SMILES string of the molecule is C[C@@H]1[C@H]2[C@H](O[C@@H]3O[C@H](COC(=O)C=CCc4ccc(O)c(O)c4)[C@@H](O)[C@H](O)[C@H]3O)OC=C(C(=O)O)[C@H]2C[C@@H]1O. The first-order valence-corrected chi connectivity index (χ1v) is 12.4. The molecule has 214 valence electrons. The highest BCUT2D eigenvalue weighted by Crippen LogP contribution is 2.47. The van der Waals surface area contributed by atoms with Crippen LogP contribution in [-0.2, 0) is 35.0 Å². The van der Waals surface area contributed by atoms with Gasteiger partial charge >= 0.3 is 11.9 Å². The van der Waals surface area contributed by atoms with Crippen molar-refractivity contribution in [3.8, 4) is 11.5 Å². The number of allylic oxidation sites excluding steroid dienone is 1. The van der Waals surface area contributed by atoms with Gasteiger partial charge in [0, 0.05) is 17.9 Å². The zero-order chi connectivity index (χ0) is 28.4. The lowest BCUT2D eigenvalue weighted by atomic mass is 9.83. The van der Waals surface area contributed by atoms with Gasteiger partial charge in [0.05, 0.1) is 17.9 Å². The molecular weight excluding hydrogens is 520 g/mol. The molecule has 2 aliphatic heterocycles. The summed E-state index contributed by atoms with van der Waals surface area (Å²) in [5.74, 6) is -4.11. The van der Waals surface area contributed by atoms with Crippen molar-refractivity contribution in [2.75, 3.05) is 6.61 Å². The number of rotatable bonds is 8. The van der Waals surface area contributed by atoms with Crippen LogP contribution in [0.3, 0.4) is 0 Å². The van der Waals surface area contributed by atoms with Gasteiger partial charge in [0.1, 0.15) is 31.0 Å². The quantitative estimate of drug-likeness (QED) is 0.123. The minimum absolute atomic E-state index is 0.0103. The average molecular weight is 553 g/mol. The molecule has 1 aromatic carbocycles. The lowest BCUT2D eigenvalue weighted by molar-refractivity contribution is -0.342. The zero-order valence-corrected chi connectivity index (χ0v) is 20.9. The standard InChI is InChI=1S/C26H32O13/c1-11-16(28)8-13-14(24(34)35)9-37-25(20(11)13)39-26-23(33)22(32)21(31)18(38-26)10-36-19(30)4-2-3-12-5-6-15(27)17(29)7-12/h2,4-7,9,11,13,16,18,20-23,25-29,31-33H,3,8,10H2,1H3,(H,34,35)/t11-,13+,16-,18+,20+,21+,22-,23+,25-,26-/m0/s1. The number of fused-ring (bicyclic) bond motifs is 1. The van der Waals surface area contributed by atoms with E-state index in [0.717, 1.165) is 12.3 Å². The second-order valence-corrected chi connectivity index (χ2v) is 9.94. The van der Waals surface area contributed by atoms with Crippen molar-refractivity contribution in [3.05, 3.63) is 47.7 Å². The predicted molar refractivity (Wildman–Crippen MR) is 129 cm³/mol. The molecule has 1 saturated carbocycles. The summed E-state index contributed by atoms with van der Waals surface area (Å²) in [5.41, 5.74) is 0.614. The van der Waals surface area contributed by atoms with E-state index < -0.39 is 79.4 Å². The number of carbonyl (C=O) groups excluding carboxylic acids is 1. The van der Waals surface area contributed by atoms with Crippen molar-refractivity contribution in [3.63, 3.8) is 0 Å². The van der Waals surface area contributed by atoms with Crippen LogP contribution in [-0.4, -0.2) is 97.4 Å². The molecule has 1 aliphatic carbocycles. The third kappa shape index (κ3) is 6.19. The van der Waals surface area contributed by atoms with Crippen LogP contribution in [0.4, 0.5) is 0 Å². The smallest absolute Gasteiger partial charge is 0.334 e. The number of aliphatic hydroxyl groups is 4. The van der Waals surface area contributed by atoms with Gasteiger partial charge in [-0.05, 0) is 36.5 Å². The van der Waals surface area contributed by atoms with Gasteiger partial charge in [-0.15, -0.1) is 0 Å². The van der Waals surface area contributed by atoms with Gasteiger partial charge in [0.15, 0.2) is 17.8 Å². The normalized spacial score (nSPS) is 36.2. The second kappa shape index (κ2) is 11.9. The molecule has 13 nitrogen and oxygen atoms in total. The Balaban J connectivity index is 1.36. The summed E-state index contributed by atoms with van der Waals surface area (Å²) in [4.78, 5) is 23.8. The number of benzene rings is 1. The summed E-state index contributed by atoms with van der Waals surface area (Å²) in [5, 5.41) is 69.9. The number of carbonyl (C=O) groups is 2. The maximum absolute atomic E-state index is 12.1. The molecule has 39 heavy (non-hydrogen) atoms. The molecule has 2 fully saturated rings. The predicted octanol–water partition coefficient (Wildman–Crippen LogP) is -0.478. The molecule has 4 rings (SSSR count). The van der Waals surface area contributed by atoms with Crippen LogP contribution < -0.4 is 0 Å². The molecule has 0 spiro atoms. The summed E-state index contributed by atoms with van der Waals surface area (Å²) in [6.45, 7) is 1.22. The lowest BCUT2D eigenvalue weighted by Crippen LogP contribution is -2.60. The van der Waals surface area contributed by atoms with E-state index in [1.807, 2.05) is 0 Å². The highest BCUT2D eigenvalue weighted by Gasteiger charge is 2.53. The summed E-state index contributed by atoms with van der Waals surface area (Å²) < 4.78 is 22.0. The van der Waals surface area contributed by atoms with E-state index in [-0.39, 0.29) is 29.9 Å². The van der Waals surface area contributed by atoms with Crippen molar-refractivity contribution in [2.24, 2.45) is 17.8 Å². The van der Waals surface area contributed by atoms with Gasteiger partial charge in [0.25, 0.3) is 0 Å². The summed E-state index contributed by atoms with van der Waals surface area (Å²) in [6.07, 6.45) is -5.74. The molecule has 3 aliphatic rings. The molecule has 0 radical (unpaired) electrons. The Hall–Kier alpha value is -3.20. The molecule has 13 heteroatoms. The van der Waals surface area contributed by atoms with Crippen LogP contribution in [0, 0.1) is 17.8 Å². The van der Waals surface area contributed by atoms with E-state index in [0.29, 0.717) is 5.56 Å². The molecular formula is C26H32O13. The Bertz CT molecular complexity index is 1120. The van der Waals surface area contributed by atoms with Crippen LogP contribution in [0.25, 0.3) is 0 Å². The first kappa shape index (κ1) is 28.8. The Morgan fingerprint density at radius 3 is 2.49 bits per heavy atom. The number of phenolic OH excluding ortho intramolecular Hbond substituents is 2. The maximum atomic E-state index is 12.1. The number of aliphatic carboxylic acids is 1. The van der Waals surface area contributed by atoms with Gasteiger partial charge < -0.3 is 54.7 Å². The zero-order valence-electron chi connectivity index (χ0n) is 20.9. The molecule has 2 heterocycles. The number of hydrogen-bond donors (Lipinski definition) is 7. The number of aliphatic hydroxyl groups excluding tert-OH is 4. The first-order valence-electron chi connectivity index (χ1n) is 12.4. The van der Waals surface area contributed by atoms with Crippen LogP contribution in [0.2, 0.25) is 0 Å². The molecule has 0 bridgehead atoms. The number of esters is 1. The molecule has 1 saturated heterocycles. The van der Waals surface area contributed by atoms with Crippen molar-refractivity contribution in [2.45, 2.75) is 62.9 Å². The number of aromatic hydroxyl groups is 2. The van der Waals surface area contributed by atoms with Gasteiger partial charge in [-0.3, -0.25) is 0 Å². The minimum Gasteiger partial charge on any atom is -0.504 e. The Morgan fingerprint density at radius 2 is 1.79 bits per heavy atom. The minimum atomic E-state index is -1.72. The van der Waals surface area contributed by atoms with Crippen molar-refractivity contribution < 1.29 is 64.3 Å². The van der Waals surface area contributed by atoms with Gasteiger partial charge in [-0.25, -0.2) is 9.59 Å². The van der Waals surface area contributed by atoms with E-state index in [9.17, 15) is 45.3 Å². The summed E-state index contributed by atoms with van der Waals surface area (Å²) in [6, 6.07) is 4.22. The van der Waals surface area contributed by atoms with Gasteiger partial charge in [-0.2, -0.15) is 0 Å². The third-order valence-corrected chi connectivity index (χ3v) is 7.44. The molecule has 0 aromatic heterocycles. The third-order valence-electron chi connectivity index (χ3n) is 7.44. The largest absolute Gasteiger partial charge is 0.504 e. The van der Waals surface area contributed by atoms with E-state index >= 15 is 0 Å². The Kier molecular flexibility index (Phi) is 8.79. The molecule has 0 amide bonds. The van der Waals surface area contributed by atoms with E-state index in [1.54, 1.807) is 13.0 Å². The van der Waals surface area contributed by atoms with Crippen molar-refractivity contribution >= 4 is 11.9 Å². The van der Waals surface area contributed by atoms with Crippen molar-refractivity contribution in [1.82, 2.24) is 0 Å². The number of carboxylic acid groups (broad SMARTS) is 1. The lowest BCUT2D eigenvalue weighted by Gasteiger charge is -2.43. The van der Waals surface area contributed by atoms with Crippen LogP contribution in [0.5, 0.6) is 11.5 Å². The van der Waals surface area contributed by atoms with Crippen LogP contribution in [0.1, 0.15) is 18.9 Å². The summed E-state index contributed by atoms with van der Waals surface area (Å²) in [7, 11) is 0. The number of ether oxygens (including phenoxy) is 4. The maximum Gasteiger partial charge on any atom is 0.334 e. The fraction of sp³-hybridized carbons (Fsp3) is 0.538. The fourth-order valence-electron chi connectivity index (χ4n) is 5.18. The molecule has 0 unspecified atom stereocenters. The topological polar surface area (TPSA) is 213 Å². The molecule has 7 N–H and O–H groups in total. The Labute approximate surface area is 223 Å². The highest BCUT2D eigenvalue weighted by molar-refractivity contribution is 5.87.